The molecule has 15 heavy (non-hydrogen) atoms. The highest BCUT2D eigenvalue weighted by molar-refractivity contribution is 5.86. The number of hydrogen-bond donors (Lipinski definition) is 0. The van der Waals surface area contributed by atoms with Crippen LogP contribution in [0.25, 0.3) is 0 Å². The van der Waals surface area contributed by atoms with Crippen LogP contribution in [-0.2, 0) is 9.53 Å². The van der Waals surface area contributed by atoms with Crippen LogP contribution in [0, 0.1) is 0 Å². The summed E-state index contributed by atoms with van der Waals surface area (Å²) in [5.41, 5.74) is 1.02. The number of rotatable bonds is 3. The number of methoxy groups -OCH3 is 2. The smallest absolute Gasteiger partial charge is 0.330 e. The molecule has 0 spiro atoms. The van der Waals surface area contributed by atoms with Gasteiger partial charge in [-0.25, -0.2) is 4.79 Å². The minimum absolute atomic E-state index is 0.108. The van der Waals surface area contributed by atoms with E-state index in [0.717, 1.165) is 18.0 Å². The minimum atomic E-state index is -0.175. The van der Waals surface area contributed by atoms with Crippen LogP contribution in [0.1, 0.15) is 0 Å². The first-order chi connectivity index (χ1) is 7.26. The average molecular weight is 207 g/mol. The second-order valence-electron chi connectivity index (χ2n) is 3.39. The fourth-order valence-corrected chi connectivity index (χ4v) is 1.54. The van der Waals surface area contributed by atoms with Crippen molar-refractivity contribution in [3.63, 3.8) is 0 Å². The van der Waals surface area contributed by atoms with Crippen molar-refractivity contribution < 1.29 is 14.3 Å². The summed E-state index contributed by atoms with van der Waals surface area (Å²) in [5, 5.41) is 0. The van der Waals surface area contributed by atoms with Crippen molar-refractivity contribution in [1.29, 1.82) is 0 Å². The van der Waals surface area contributed by atoms with Gasteiger partial charge < -0.3 is 14.4 Å². The van der Waals surface area contributed by atoms with Gasteiger partial charge in [-0.05, 0) is 24.3 Å². The molecule has 1 fully saturated rings. The molecule has 0 N–H and O–H groups in total. The molecule has 1 aromatic rings. The first-order valence-corrected chi connectivity index (χ1v) is 4.75. The number of nitrogens with zero attached hydrogens (tertiary/aromatic N) is 1. The van der Waals surface area contributed by atoms with Gasteiger partial charge in [0.1, 0.15) is 11.8 Å². The average Bonchev–Trinajstić information content (AvgIpc) is 3.08. The molecule has 0 amide bonds. The Morgan fingerprint density at radius 1 is 1.33 bits per heavy atom. The third kappa shape index (κ3) is 1.88. The van der Waals surface area contributed by atoms with E-state index in [0.29, 0.717) is 0 Å². The maximum absolute atomic E-state index is 11.2. The Hall–Kier alpha value is -1.71. The van der Waals surface area contributed by atoms with Gasteiger partial charge in [0.05, 0.1) is 20.8 Å². The van der Waals surface area contributed by atoms with E-state index in [2.05, 4.69) is 4.74 Å². The Bertz CT molecular complexity index is 361. The van der Waals surface area contributed by atoms with E-state index in [1.165, 1.54) is 7.11 Å². The largest absolute Gasteiger partial charge is 0.497 e. The van der Waals surface area contributed by atoms with E-state index in [1.54, 1.807) is 7.11 Å². The molecule has 4 heteroatoms. The monoisotopic (exact) mass is 207 g/mol. The van der Waals surface area contributed by atoms with Crippen molar-refractivity contribution in [3.8, 4) is 5.75 Å². The quantitative estimate of drug-likeness (QED) is 0.548. The normalized spacial score (nSPS) is 18.5. The van der Waals surface area contributed by atoms with Crippen molar-refractivity contribution in [2.75, 3.05) is 25.7 Å². The summed E-state index contributed by atoms with van der Waals surface area (Å²) in [4.78, 5) is 13.2. The SMILES string of the molecule is COC(=O)[C@@H]1CN1c1ccc(OC)cc1. The van der Waals surface area contributed by atoms with Crippen LogP contribution in [0.4, 0.5) is 5.69 Å². The lowest BCUT2D eigenvalue weighted by molar-refractivity contribution is -0.139. The lowest BCUT2D eigenvalue weighted by Gasteiger charge is -2.05. The summed E-state index contributed by atoms with van der Waals surface area (Å²) in [6.45, 7) is 0.735. The van der Waals surface area contributed by atoms with Crippen molar-refractivity contribution in [3.05, 3.63) is 24.3 Å². The van der Waals surface area contributed by atoms with Crippen molar-refractivity contribution >= 4 is 11.7 Å². The van der Waals surface area contributed by atoms with Crippen LogP contribution in [0.3, 0.4) is 0 Å². The zero-order valence-electron chi connectivity index (χ0n) is 8.77. The Labute approximate surface area is 88.4 Å². The zero-order valence-corrected chi connectivity index (χ0v) is 8.77. The predicted octanol–water partition coefficient (Wildman–Crippen LogP) is 1.06. The summed E-state index contributed by atoms with van der Waals surface area (Å²) >= 11 is 0. The first-order valence-electron chi connectivity index (χ1n) is 4.75. The third-order valence-corrected chi connectivity index (χ3v) is 2.49. The molecule has 1 aromatic carbocycles. The maximum Gasteiger partial charge on any atom is 0.330 e. The summed E-state index contributed by atoms with van der Waals surface area (Å²) in [7, 11) is 3.04. The molecule has 1 aliphatic rings. The van der Waals surface area contributed by atoms with Crippen LogP contribution >= 0.6 is 0 Å². The van der Waals surface area contributed by atoms with Gasteiger partial charge in [-0.3, -0.25) is 0 Å². The topological polar surface area (TPSA) is 38.5 Å². The van der Waals surface area contributed by atoms with Gasteiger partial charge in [0.2, 0.25) is 0 Å². The third-order valence-electron chi connectivity index (χ3n) is 2.49. The molecule has 0 saturated carbocycles. The van der Waals surface area contributed by atoms with E-state index in [-0.39, 0.29) is 12.0 Å². The van der Waals surface area contributed by atoms with Crippen molar-refractivity contribution in [2.45, 2.75) is 6.04 Å². The van der Waals surface area contributed by atoms with E-state index in [1.807, 2.05) is 29.2 Å². The fourth-order valence-electron chi connectivity index (χ4n) is 1.54. The molecule has 0 aromatic heterocycles. The molecule has 0 bridgehead atoms. The van der Waals surface area contributed by atoms with Crippen molar-refractivity contribution in [2.24, 2.45) is 0 Å². The van der Waals surface area contributed by atoms with Gasteiger partial charge in [-0.2, -0.15) is 0 Å². The van der Waals surface area contributed by atoms with Crippen LogP contribution in [0.5, 0.6) is 5.75 Å². The molecule has 4 nitrogen and oxygen atoms in total. The number of anilines is 1. The molecular formula is C11H13NO3. The predicted molar refractivity (Wildman–Crippen MR) is 56.1 cm³/mol. The van der Waals surface area contributed by atoms with Crippen LogP contribution in [0.2, 0.25) is 0 Å². The summed E-state index contributed by atoms with van der Waals surface area (Å²) in [6.07, 6.45) is 0. The van der Waals surface area contributed by atoms with Gasteiger partial charge in [-0.1, -0.05) is 0 Å². The number of esters is 1. The van der Waals surface area contributed by atoms with Gasteiger partial charge >= 0.3 is 5.97 Å². The van der Waals surface area contributed by atoms with E-state index < -0.39 is 0 Å². The number of hydrogen-bond acceptors (Lipinski definition) is 4. The summed E-state index contributed by atoms with van der Waals surface area (Å²) in [6, 6.07) is 7.51. The zero-order chi connectivity index (χ0) is 10.8. The molecule has 1 saturated heterocycles. The Balaban J connectivity index is 2.04. The summed E-state index contributed by atoms with van der Waals surface area (Å²) < 4.78 is 9.72. The molecule has 2 rings (SSSR count). The second-order valence-corrected chi connectivity index (χ2v) is 3.39. The van der Waals surface area contributed by atoms with E-state index in [9.17, 15) is 4.79 Å². The Morgan fingerprint density at radius 2 is 2.00 bits per heavy atom. The molecule has 0 radical (unpaired) electrons. The number of carbonyl (C=O) groups excluding carboxylic acids is 1. The fraction of sp³-hybridized carbons (Fsp3) is 0.364. The highest BCUT2D eigenvalue weighted by Gasteiger charge is 2.41. The van der Waals surface area contributed by atoms with Gasteiger partial charge in [0, 0.05) is 5.69 Å². The molecule has 0 unspecified atom stereocenters. The number of ether oxygens (including phenoxy) is 2. The first kappa shape index (κ1) is 9.83. The lowest BCUT2D eigenvalue weighted by atomic mass is 10.3. The van der Waals surface area contributed by atoms with Gasteiger partial charge in [0.15, 0.2) is 0 Å². The molecule has 80 valence electrons. The highest BCUT2D eigenvalue weighted by Crippen LogP contribution is 2.29. The highest BCUT2D eigenvalue weighted by atomic mass is 16.5. The Morgan fingerprint density at radius 3 is 2.53 bits per heavy atom. The molecule has 1 aliphatic heterocycles. The van der Waals surface area contributed by atoms with Crippen LogP contribution in [0.15, 0.2) is 24.3 Å². The number of benzene rings is 1. The standard InChI is InChI=1S/C11H13NO3/c1-14-9-5-3-8(4-6-9)12-7-10(12)11(13)15-2/h3-6,10H,7H2,1-2H3/t10-,12?/m0/s1. The maximum atomic E-state index is 11.2. The van der Waals surface area contributed by atoms with E-state index in [4.69, 9.17) is 4.74 Å². The molecule has 1 atom stereocenters. The Kier molecular flexibility index (Phi) is 2.49. The summed E-state index contributed by atoms with van der Waals surface area (Å²) in [5.74, 6) is 0.640. The van der Waals surface area contributed by atoms with Gasteiger partial charge in [-0.15, -0.1) is 0 Å². The van der Waals surface area contributed by atoms with Crippen molar-refractivity contribution in [1.82, 2.24) is 0 Å². The van der Waals surface area contributed by atoms with Crippen LogP contribution in [-0.4, -0.2) is 32.8 Å². The molecule has 0 aliphatic carbocycles. The minimum Gasteiger partial charge on any atom is -0.497 e. The van der Waals surface area contributed by atoms with E-state index >= 15 is 0 Å². The lowest BCUT2D eigenvalue weighted by Crippen LogP contribution is -2.13. The molecular weight excluding hydrogens is 194 g/mol. The van der Waals surface area contributed by atoms with Gasteiger partial charge in [0.25, 0.3) is 0 Å². The number of carbonyl (C=O) groups is 1. The molecule has 1 heterocycles. The van der Waals surface area contributed by atoms with Crippen LogP contribution < -0.4 is 9.64 Å². The second kappa shape index (κ2) is 3.81.